The number of aliphatic hydroxyl groups is 1. The molecule has 0 aliphatic heterocycles. The molecule has 20 heavy (non-hydrogen) atoms. The first-order chi connectivity index (χ1) is 9.51. The molecule has 0 saturated carbocycles. The fraction of sp³-hybridized carbons (Fsp3) is 0.400. The lowest BCUT2D eigenvalue weighted by molar-refractivity contribution is 0.133. The van der Waals surface area contributed by atoms with Crippen molar-refractivity contribution in [3.05, 3.63) is 51.6 Å². The number of benzene rings is 1. The van der Waals surface area contributed by atoms with Crippen LogP contribution in [0.2, 0.25) is 0 Å². The van der Waals surface area contributed by atoms with Crippen molar-refractivity contribution in [1.29, 1.82) is 0 Å². The summed E-state index contributed by atoms with van der Waals surface area (Å²) in [5.41, 5.74) is 1.97. The van der Waals surface area contributed by atoms with Crippen molar-refractivity contribution in [2.24, 2.45) is 0 Å². The maximum atomic E-state index is 9.67. The summed E-state index contributed by atoms with van der Waals surface area (Å²) in [6, 6.07) is 7.88. The van der Waals surface area contributed by atoms with Gasteiger partial charge in [-0.3, -0.25) is 4.90 Å². The van der Waals surface area contributed by atoms with Crippen LogP contribution in [0.4, 0.5) is 0 Å². The number of aryl methyl sites for hydroxylation is 2. The largest absolute Gasteiger partial charge is 0.444 e. The van der Waals surface area contributed by atoms with E-state index in [4.69, 9.17) is 4.42 Å². The van der Waals surface area contributed by atoms with E-state index >= 15 is 0 Å². The molecule has 0 amide bonds. The van der Waals surface area contributed by atoms with Crippen LogP contribution in [-0.4, -0.2) is 28.6 Å². The topological polar surface area (TPSA) is 49.5 Å². The second-order valence-corrected chi connectivity index (χ2v) is 5.83. The Kier molecular flexibility index (Phi) is 4.96. The molecule has 108 valence electrons. The summed E-state index contributed by atoms with van der Waals surface area (Å²) in [6.07, 6.45) is 0. The number of halogens is 1. The molecule has 0 spiro atoms. The van der Waals surface area contributed by atoms with Crippen molar-refractivity contribution in [2.75, 3.05) is 13.7 Å². The van der Waals surface area contributed by atoms with Crippen molar-refractivity contribution in [1.82, 2.24) is 9.88 Å². The van der Waals surface area contributed by atoms with E-state index in [1.165, 1.54) is 0 Å². The van der Waals surface area contributed by atoms with E-state index in [2.05, 4.69) is 20.9 Å². The van der Waals surface area contributed by atoms with Crippen molar-refractivity contribution in [3.8, 4) is 0 Å². The van der Waals surface area contributed by atoms with E-state index in [-0.39, 0.29) is 12.6 Å². The Morgan fingerprint density at radius 2 is 2.15 bits per heavy atom. The minimum atomic E-state index is -0.0833. The van der Waals surface area contributed by atoms with Crippen molar-refractivity contribution in [3.63, 3.8) is 0 Å². The van der Waals surface area contributed by atoms with E-state index < -0.39 is 0 Å². The van der Waals surface area contributed by atoms with Gasteiger partial charge in [0, 0.05) is 4.47 Å². The Labute approximate surface area is 127 Å². The van der Waals surface area contributed by atoms with Crippen LogP contribution < -0.4 is 0 Å². The highest BCUT2D eigenvalue weighted by molar-refractivity contribution is 9.10. The zero-order valence-corrected chi connectivity index (χ0v) is 13.5. The SMILES string of the molecule is Cc1nc(CN(C)C(CO)c2cccc(Br)c2)oc1C. The highest BCUT2D eigenvalue weighted by atomic mass is 79.9. The quantitative estimate of drug-likeness (QED) is 0.909. The molecule has 0 aliphatic carbocycles. The first-order valence-electron chi connectivity index (χ1n) is 6.50. The Morgan fingerprint density at radius 3 is 2.70 bits per heavy atom. The average molecular weight is 339 g/mol. The Hall–Kier alpha value is -1.17. The van der Waals surface area contributed by atoms with Gasteiger partial charge in [-0.05, 0) is 38.6 Å². The van der Waals surface area contributed by atoms with Gasteiger partial charge in [0.25, 0.3) is 0 Å². The number of oxazole rings is 1. The minimum Gasteiger partial charge on any atom is -0.444 e. The van der Waals surface area contributed by atoms with Crippen LogP contribution in [0.15, 0.2) is 33.2 Å². The predicted molar refractivity (Wildman–Crippen MR) is 81.4 cm³/mol. The Bertz CT molecular complexity index is 564. The molecule has 1 N–H and O–H groups in total. The van der Waals surface area contributed by atoms with Crippen LogP contribution >= 0.6 is 15.9 Å². The second-order valence-electron chi connectivity index (χ2n) is 4.92. The molecule has 0 radical (unpaired) electrons. The number of aliphatic hydroxyl groups excluding tert-OH is 1. The summed E-state index contributed by atoms with van der Waals surface area (Å²) in [6.45, 7) is 4.45. The van der Waals surface area contributed by atoms with Crippen LogP contribution in [0.25, 0.3) is 0 Å². The van der Waals surface area contributed by atoms with Gasteiger partial charge in [-0.2, -0.15) is 0 Å². The van der Waals surface area contributed by atoms with Gasteiger partial charge in [0.05, 0.1) is 24.9 Å². The molecule has 1 heterocycles. The molecule has 0 saturated heterocycles. The number of aromatic nitrogens is 1. The first-order valence-corrected chi connectivity index (χ1v) is 7.30. The standard InChI is InChI=1S/C15H19BrN2O2/c1-10-11(2)20-15(17-10)8-18(3)14(9-19)12-5-4-6-13(16)7-12/h4-7,14,19H,8-9H2,1-3H3. The Balaban J connectivity index is 2.15. The summed E-state index contributed by atoms with van der Waals surface area (Å²) in [5, 5.41) is 9.67. The summed E-state index contributed by atoms with van der Waals surface area (Å²) in [7, 11) is 1.96. The summed E-state index contributed by atoms with van der Waals surface area (Å²) in [4.78, 5) is 6.41. The van der Waals surface area contributed by atoms with Crippen LogP contribution in [0.3, 0.4) is 0 Å². The lowest BCUT2D eigenvalue weighted by atomic mass is 10.1. The first kappa shape index (κ1) is 15.2. The molecule has 1 aromatic carbocycles. The minimum absolute atomic E-state index is 0.0472. The van der Waals surface area contributed by atoms with Gasteiger partial charge in [-0.25, -0.2) is 4.98 Å². The lowest BCUT2D eigenvalue weighted by Crippen LogP contribution is -2.27. The zero-order valence-electron chi connectivity index (χ0n) is 11.9. The average Bonchev–Trinajstić information content (AvgIpc) is 2.69. The molecule has 0 fully saturated rings. The van der Waals surface area contributed by atoms with Gasteiger partial charge in [0.15, 0.2) is 0 Å². The van der Waals surface area contributed by atoms with E-state index in [1.54, 1.807) is 0 Å². The molecule has 4 nitrogen and oxygen atoms in total. The number of nitrogens with zero attached hydrogens (tertiary/aromatic N) is 2. The molecular formula is C15H19BrN2O2. The van der Waals surface area contributed by atoms with Gasteiger partial charge < -0.3 is 9.52 Å². The van der Waals surface area contributed by atoms with Gasteiger partial charge in [-0.15, -0.1) is 0 Å². The molecule has 2 rings (SSSR count). The fourth-order valence-electron chi connectivity index (χ4n) is 2.14. The smallest absolute Gasteiger partial charge is 0.208 e. The maximum absolute atomic E-state index is 9.67. The van der Waals surface area contributed by atoms with Gasteiger partial charge in [0.2, 0.25) is 5.89 Å². The van der Waals surface area contributed by atoms with Crippen molar-refractivity contribution in [2.45, 2.75) is 26.4 Å². The van der Waals surface area contributed by atoms with E-state index in [1.807, 2.05) is 50.1 Å². The number of hydrogen-bond acceptors (Lipinski definition) is 4. The highest BCUT2D eigenvalue weighted by Crippen LogP contribution is 2.24. The molecule has 1 aromatic heterocycles. The van der Waals surface area contributed by atoms with Crippen LogP contribution in [0.5, 0.6) is 0 Å². The highest BCUT2D eigenvalue weighted by Gasteiger charge is 2.19. The predicted octanol–water partition coefficient (Wildman–Crippen LogP) is 3.22. The third kappa shape index (κ3) is 3.48. The normalized spacial score (nSPS) is 12.9. The van der Waals surface area contributed by atoms with E-state index in [0.717, 1.165) is 21.5 Å². The molecule has 2 aromatic rings. The van der Waals surface area contributed by atoms with Crippen molar-refractivity contribution < 1.29 is 9.52 Å². The van der Waals surface area contributed by atoms with Crippen LogP contribution in [0, 0.1) is 13.8 Å². The lowest BCUT2D eigenvalue weighted by Gasteiger charge is -2.25. The second kappa shape index (κ2) is 6.52. The Morgan fingerprint density at radius 1 is 1.40 bits per heavy atom. The molecule has 1 atom stereocenters. The van der Waals surface area contributed by atoms with Gasteiger partial charge >= 0.3 is 0 Å². The third-order valence-electron chi connectivity index (χ3n) is 3.40. The van der Waals surface area contributed by atoms with Crippen LogP contribution in [-0.2, 0) is 6.54 Å². The van der Waals surface area contributed by atoms with Gasteiger partial charge in [0.1, 0.15) is 5.76 Å². The van der Waals surface area contributed by atoms with E-state index in [0.29, 0.717) is 12.4 Å². The number of rotatable bonds is 5. The third-order valence-corrected chi connectivity index (χ3v) is 3.89. The molecule has 0 aliphatic rings. The molecule has 5 heteroatoms. The maximum Gasteiger partial charge on any atom is 0.208 e. The van der Waals surface area contributed by atoms with E-state index in [9.17, 15) is 5.11 Å². The number of hydrogen-bond donors (Lipinski definition) is 1. The summed E-state index contributed by atoms with van der Waals surface area (Å²) in [5.74, 6) is 1.52. The summed E-state index contributed by atoms with van der Waals surface area (Å²) >= 11 is 3.46. The van der Waals surface area contributed by atoms with Gasteiger partial charge in [-0.1, -0.05) is 28.1 Å². The monoisotopic (exact) mass is 338 g/mol. The molecular weight excluding hydrogens is 320 g/mol. The zero-order chi connectivity index (χ0) is 14.7. The van der Waals surface area contributed by atoms with Crippen LogP contribution in [0.1, 0.15) is 29.0 Å². The summed E-state index contributed by atoms with van der Waals surface area (Å²) < 4.78 is 6.60. The number of likely N-dealkylation sites (N-methyl/N-ethyl adjacent to an activating group) is 1. The van der Waals surface area contributed by atoms with Crippen molar-refractivity contribution >= 4 is 15.9 Å². The molecule has 1 unspecified atom stereocenters. The molecule has 0 bridgehead atoms. The fourth-order valence-corrected chi connectivity index (χ4v) is 2.56.